The second-order valence-corrected chi connectivity index (χ2v) is 5.77. The Morgan fingerprint density at radius 1 is 1.20 bits per heavy atom. The third kappa shape index (κ3) is 2.33. The zero-order valence-electron chi connectivity index (χ0n) is 9.95. The van der Waals surface area contributed by atoms with Gasteiger partial charge in [0.25, 0.3) is 0 Å². The average molecular weight is 211 g/mol. The Morgan fingerprint density at radius 3 is 2.20 bits per heavy atom. The van der Waals surface area contributed by atoms with Crippen molar-refractivity contribution in [3.8, 4) is 0 Å². The summed E-state index contributed by atoms with van der Waals surface area (Å²) < 4.78 is 5.82. The van der Waals surface area contributed by atoms with Crippen molar-refractivity contribution in [1.29, 1.82) is 0 Å². The molecule has 3 heteroatoms. The molecule has 0 N–H and O–H groups in total. The van der Waals surface area contributed by atoms with Gasteiger partial charge < -0.3 is 9.64 Å². The van der Waals surface area contributed by atoms with Crippen LogP contribution in [0.4, 0.5) is 0 Å². The van der Waals surface area contributed by atoms with Crippen molar-refractivity contribution in [1.82, 2.24) is 4.90 Å². The lowest BCUT2D eigenvalue weighted by Crippen LogP contribution is -2.54. The van der Waals surface area contributed by atoms with Gasteiger partial charge in [-0.3, -0.25) is 4.79 Å². The van der Waals surface area contributed by atoms with E-state index in [1.54, 1.807) is 0 Å². The molecule has 2 saturated heterocycles. The standard InChI is InChI=1S/C12H21NO2/c1-12(2,3)11(14)13-7-9-5-4-6-10(8-13)15-9/h9-10H,4-8H2,1-3H3. The predicted molar refractivity (Wildman–Crippen MR) is 58.5 cm³/mol. The van der Waals surface area contributed by atoms with E-state index in [1.807, 2.05) is 25.7 Å². The smallest absolute Gasteiger partial charge is 0.228 e. The molecule has 2 bridgehead atoms. The van der Waals surface area contributed by atoms with E-state index in [0.717, 1.165) is 25.9 Å². The maximum atomic E-state index is 12.1. The summed E-state index contributed by atoms with van der Waals surface area (Å²) in [6.07, 6.45) is 4.08. The van der Waals surface area contributed by atoms with Crippen LogP contribution in [-0.4, -0.2) is 36.1 Å². The minimum absolute atomic E-state index is 0.258. The lowest BCUT2D eigenvalue weighted by Gasteiger charge is -2.43. The normalized spacial score (nSPS) is 31.5. The quantitative estimate of drug-likeness (QED) is 0.611. The van der Waals surface area contributed by atoms with Gasteiger partial charge in [-0.2, -0.15) is 0 Å². The molecule has 2 rings (SSSR count). The van der Waals surface area contributed by atoms with Gasteiger partial charge in [0, 0.05) is 18.5 Å². The summed E-state index contributed by atoms with van der Waals surface area (Å²) in [6.45, 7) is 7.56. The van der Waals surface area contributed by atoms with Crippen molar-refractivity contribution in [3.63, 3.8) is 0 Å². The van der Waals surface area contributed by atoms with E-state index in [2.05, 4.69) is 0 Å². The van der Waals surface area contributed by atoms with Crippen LogP contribution < -0.4 is 0 Å². The summed E-state index contributed by atoms with van der Waals surface area (Å²) in [5.74, 6) is 0.266. The Hall–Kier alpha value is -0.570. The monoisotopic (exact) mass is 211 g/mol. The highest BCUT2D eigenvalue weighted by atomic mass is 16.5. The first kappa shape index (κ1) is 10.9. The summed E-state index contributed by atoms with van der Waals surface area (Å²) in [7, 11) is 0. The average Bonchev–Trinajstić information content (AvgIpc) is 2.14. The van der Waals surface area contributed by atoms with Crippen LogP contribution >= 0.6 is 0 Å². The molecule has 0 aromatic carbocycles. The van der Waals surface area contributed by atoms with Crippen LogP contribution in [0.25, 0.3) is 0 Å². The summed E-state index contributed by atoms with van der Waals surface area (Å²) in [5, 5.41) is 0. The molecule has 15 heavy (non-hydrogen) atoms. The van der Waals surface area contributed by atoms with E-state index in [9.17, 15) is 4.79 Å². The van der Waals surface area contributed by atoms with Crippen molar-refractivity contribution < 1.29 is 9.53 Å². The zero-order chi connectivity index (χ0) is 11.1. The first-order chi connectivity index (χ1) is 6.97. The Kier molecular flexibility index (Phi) is 2.75. The number of rotatable bonds is 0. The van der Waals surface area contributed by atoms with Gasteiger partial charge in [-0.15, -0.1) is 0 Å². The van der Waals surface area contributed by atoms with Crippen LogP contribution in [0.1, 0.15) is 40.0 Å². The third-order valence-corrected chi connectivity index (χ3v) is 3.21. The molecule has 2 atom stereocenters. The van der Waals surface area contributed by atoms with Gasteiger partial charge in [-0.25, -0.2) is 0 Å². The van der Waals surface area contributed by atoms with Gasteiger partial charge in [-0.05, 0) is 19.3 Å². The highest BCUT2D eigenvalue weighted by molar-refractivity contribution is 5.81. The molecule has 0 saturated carbocycles. The van der Waals surface area contributed by atoms with Gasteiger partial charge >= 0.3 is 0 Å². The fourth-order valence-electron chi connectivity index (χ4n) is 2.46. The second kappa shape index (κ2) is 3.78. The summed E-state index contributed by atoms with van der Waals surface area (Å²) in [6, 6.07) is 0. The predicted octanol–water partition coefficient (Wildman–Crippen LogP) is 1.81. The van der Waals surface area contributed by atoms with Crippen molar-refractivity contribution in [3.05, 3.63) is 0 Å². The third-order valence-electron chi connectivity index (χ3n) is 3.21. The molecule has 0 radical (unpaired) electrons. The molecule has 2 aliphatic rings. The molecule has 0 aliphatic carbocycles. The molecule has 2 unspecified atom stereocenters. The lowest BCUT2D eigenvalue weighted by molar-refractivity contribution is -0.159. The topological polar surface area (TPSA) is 29.5 Å². The minimum Gasteiger partial charge on any atom is -0.371 e. The first-order valence-corrected chi connectivity index (χ1v) is 5.91. The summed E-state index contributed by atoms with van der Waals surface area (Å²) in [4.78, 5) is 14.1. The van der Waals surface area contributed by atoms with Crippen LogP contribution in [0.15, 0.2) is 0 Å². The molecule has 0 aromatic rings. The van der Waals surface area contributed by atoms with Crippen molar-refractivity contribution >= 4 is 5.91 Å². The van der Waals surface area contributed by atoms with Crippen LogP contribution in [0, 0.1) is 5.41 Å². The van der Waals surface area contributed by atoms with Gasteiger partial charge in [0.2, 0.25) is 5.91 Å². The fourth-order valence-corrected chi connectivity index (χ4v) is 2.46. The Labute approximate surface area is 91.8 Å². The Bertz CT molecular complexity index is 245. The van der Waals surface area contributed by atoms with E-state index in [1.165, 1.54) is 6.42 Å². The molecule has 2 heterocycles. The van der Waals surface area contributed by atoms with Crippen LogP contribution in [0.5, 0.6) is 0 Å². The van der Waals surface area contributed by atoms with E-state index < -0.39 is 0 Å². The largest absolute Gasteiger partial charge is 0.371 e. The van der Waals surface area contributed by atoms with Crippen molar-refractivity contribution in [2.24, 2.45) is 5.41 Å². The summed E-state index contributed by atoms with van der Waals surface area (Å²) in [5.41, 5.74) is -0.258. The lowest BCUT2D eigenvalue weighted by atomic mass is 9.92. The summed E-state index contributed by atoms with van der Waals surface area (Å²) >= 11 is 0. The van der Waals surface area contributed by atoms with E-state index >= 15 is 0 Å². The highest BCUT2D eigenvalue weighted by Gasteiger charge is 2.36. The molecule has 2 fully saturated rings. The number of ether oxygens (including phenoxy) is 1. The molecular weight excluding hydrogens is 190 g/mol. The van der Waals surface area contributed by atoms with Gasteiger partial charge in [0.15, 0.2) is 0 Å². The fraction of sp³-hybridized carbons (Fsp3) is 0.917. The van der Waals surface area contributed by atoms with Gasteiger partial charge in [-0.1, -0.05) is 20.8 Å². The first-order valence-electron chi connectivity index (χ1n) is 5.91. The highest BCUT2D eigenvalue weighted by Crippen LogP contribution is 2.28. The number of amides is 1. The maximum absolute atomic E-state index is 12.1. The van der Waals surface area contributed by atoms with E-state index in [4.69, 9.17) is 4.74 Å². The van der Waals surface area contributed by atoms with Crippen molar-refractivity contribution in [2.45, 2.75) is 52.2 Å². The molecule has 1 amide bonds. The van der Waals surface area contributed by atoms with Crippen molar-refractivity contribution in [2.75, 3.05) is 13.1 Å². The van der Waals surface area contributed by atoms with E-state index in [-0.39, 0.29) is 11.3 Å². The molecule has 86 valence electrons. The van der Waals surface area contributed by atoms with E-state index in [0.29, 0.717) is 12.2 Å². The number of fused-ring (bicyclic) bond motifs is 2. The molecule has 0 spiro atoms. The number of carbonyl (C=O) groups is 1. The molecule has 3 nitrogen and oxygen atoms in total. The SMILES string of the molecule is CC(C)(C)C(=O)N1CC2CCCC(C1)O2. The maximum Gasteiger partial charge on any atom is 0.228 e. The van der Waals surface area contributed by atoms with Crippen LogP contribution in [0.3, 0.4) is 0 Å². The number of morpholine rings is 1. The number of nitrogens with zero attached hydrogens (tertiary/aromatic N) is 1. The molecule has 0 aromatic heterocycles. The molecular formula is C12H21NO2. The number of hydrogen-bond donors (Lipinski definition) is 0. The number of hydrogen-bond acceptors (Lipinski definition) is 2. The second-order valence-electron chi connectivity index (χ2n) is 5.77. The van der Waals surface area contributed by atoms with Gasteiger partial charge in [0.1, 0.15) is 0 Å². The molecule has 2 aliphatic heterocycles. The minimum atomic E-state index is -0.258. The number of likely N-dealkylation sites (tertiary alicyclic amines) is 1. The Balaban J connectivity index is 2.02. The van der Waals surface area contributed by atoms with Gasteiger partial charge in [0.05, 0.1) is 12.2 Å². The Morgan fingerprint density at radius 2 is 1.73 bits per heavy atom. The number of carbonyl (C=O) groups excluding carboxylic acids is 1. The van der Waals surface area contributed by atoms with Crippen LogP contribution in [0.2, 0.25) is 0 Å². The van der Waals surface area contributed by atoms with Crippen LogP contribution in [-0.2, 0) is 9.53 Å². The zero-order valence-corrected chi connectivity index (χ0v) is 9.95.